The van der Waals surface area contributed by atoms with Crippen molar-refractivity contribution >= 4 is 46.1 Å². The van der Waals surface area contributed by atoms with Crippen LogP contribution in [0.1, 0.15) is 5.89 Å². The van der Waals surface area contributed by atoms with Gasteiger partial charge in [-0.05, 0) is 30.6 Å². The molecule has 0 spiro atoms. The predicted octanol–water partition coefficient (Wildman–Crippen LogP) is 4.18. The second kappa shape index (κ2) is 7.97. The van der Waals surface area contributed by atoms with Crippen LogP contribution in [-0.4, -0.2) is 34.5 Å². The Hall–Kier alpha value is -1.93. The van der Waals surface area contributed by atoms with Crippen LogP contribution < -0.4 is 5.32 Å². The summed E-state index contributed by atoms with van der Waals surface area (Å²) < 4.78 is 5.23. The first-order valence-corrected chi connectivity index (χ1v) is 8.95. The zero-order valence-electron chi connectivity index (χ0n) is 13.2. The zero-order valence-corrected chi connectivity index (χ0v) is 15.5. The van der Waals surface area contributed by atoms with Crippen LogP contribution >= 0.6 is 34.5 Å². The number of carbonyl (C=O) groups is 1. The number of rotatable bonds is 6. The molecule has 0 radical (unpaired) electrons. The first-order chi connectivity index (χ1) is 12.0. The molecule has 25 heavy (non-hydrogen) atoms. The standard InChI is InChI=1S/C16H14Cl2N4O2S/c1-22(8-13(23)19-15-10(17)4-2-5-11(15)18)9-14-20-16(21-24-14)12-6-3-7-25-12/h2-7H,8-9H2,1H3,(H,19,23). The van der Waals surface area contributed by atoms with E-state index in [4.69, 9.17) is 27.7 Å². The molecule has 0 saturated carbocycles. The first kappa shape index (κ1) is 17.9. The summed E-state index contributed by atoms with van der Waals surface area (Å²) in [6, 6.07) is 8.89. The van der Waals surface area contributed by atoms with E-state index >= 15 is 0 Å². The molecule has 0 saturated heterocycles. The minimum Gasteiger partial charge on any atom is -0.338 e. The number of nitrogens with one attached hydrogen (secondary N) is 1. The summed E-state index contributed by atoms with van der Waals surface area (Å²) in [5.41, 5.74) is 0.405. The summed E-state index contributed by atoms with van der Waals surface area (Å²) in [5.74, 6) is 0.746. The quantitative estimate of drug-likeness (QED) is 0.676. The van der Waals surface area contributed by atoms with E-state index < -0.39 is 0 Å². The lowest BCUT2D eigenvalue weighted by Gasteiger charge is -2.15. The minimum absolute atomic E-state index is 0.123. The number of hydrogen-bond donors (Lipinski definition) is 1. The number of amides is 1. The van der Waals surface area contributed by atoms with Gasteiger partial charge in [-0.3, -0.25) is 9.69 Å². The molecular formula is C16H14Cl2N4O2S. The summed E-state index contributed by atoms with van der Waals surface area (Å²) in [5, 5.41) is 9.38. The van der Waals surface area contributed by atoms with Gasteiger partial charge in [-0.15, -0.1) is 11.3 Å². The maximum Gasteiger partial charge on any atom is 0.241 e. The molecule has 1 N–H and O–H groups in total. The van der Waals surface area contributed by atoms with Gasteiger partial charge < -0.3 is 9.84 Å². The second-order valence-electron chi connectivity index (χ2n) is 5.31. The van der Waals surface area contributed by atoms with Gasteiger partial charge in [0.15, 0.2) is 0 Å². The van der Waals surface area contributed by atoms with Crippen molar-refractivity contribution in [2.24, 2.45) is 0 Å². The Labute approximate surface area is 158 Å². The first-order valence-electron chi connectivity index (χ1n) is 7.32. The third kappa shape index (κ3) is 4.58. The van der Waals surface area contributed by atoms with Crippen molar-refractivity contribution in [3.8, 4) is 10.7 Å². The molecule has 0 bridgehead atoms. The third-order valence-electron chi connectivity index (χ3n) is 3.26. The van der Waals surface area contributed by atoms with Crippen molar-refractivity contribution in [2.45, 2.75) is 6.54 Å². The van der Waals surface area contributed by atoms with Gasteiger partial charge in [-0.25, -0.2) is 0 Å². The van der Waals surface area contributed by atoms with Crippen molar-refractivity contribution in [2.75, 3.05) is 18.9 Å². The smallest absolute Gasteiger partial charge is 0.241 e. The SMILES string of the molecule is CN(CC(=O)Nc1c(Cl)cccc1Cl)Cc1nc(-c2cccs2)no1. The van der Waals surface area contributed by atoms with E-state index in [0.29, 0.717) is 34.0 Å². The van der Waals surface area contributed by atoms with E-state index in [2.05, 4.69) is 15.5 Å². The van der Waals surface area contributed by atoms with E-state index in [1.165, 1.54) is 11.3 Å². The number of halogens is 2. The largest absolute Gasteiger partial charge is 0.338 e. The number of likely N-dealkylation sites (N-methyl/N-ethyl adjacent to an activating group) is 1. The van der Waals surface area contributed by atoms with Gasteiger partial charge in [0.2, 0.25) is 17.6 Å². The van der Waals surface area contributed by atoms with Gasteiger partial charge in [0, 0.05) is 0 Å². The Morgan fingerprint density at radius 2 is 2.04 bits per heavy atom. The summed E-state index contributed by atoms with van der Waals surface area (Å²) >= 11 is 13.6. The Kier molecular flexibility index (Phi) is 5.70. The fourth-order valence-corrected chi connectivity index (χ4v) is 3.29. The normalized spacial score (nSPS) is 11.0. The second-order valence-corrected chi connectivity index (χ2v) is 7.07. The van der Waals surface area contributed by atoms with Crippen molar-refractivity contribution in [1.29, 1.82) is 0 Å². The number of carbonyl (C=O) groups excluding carboxylic acids is 1. The molecular weight excluding hydrogens is 383 g/mol. The number of thiophene rings is 1. The van der Waals surface area contributed by atoms with Crippen LogP contribution in [0.4, 0.5) is 5.69 Å². The van der Waals surface area contributed by atoms with Crippen LogP contribution in [0.3, 0.4) is 0 Å². The van der Waals surface area contributed by atoms with Crippen molar-refractivity contribution in [3.63, 3.8) is 0 Å². The van der Waals surface area contributed by atoms with E-state index in [9.17, 15) is 4.79 Å². The molecule has 0 atom stereocenters. The number of para-hydroxylation sites is 1. The third-order valence-corrected chi connectivity index (χ3v) is 4.75. The van der Waals surface area contributed by atoms with Crippen molar-refractivity contribution in [1.82, 2.24) is 15.0 Å². The monoisotopic (exact) mass is 396 g/mol. The maximum absolute atomic E-state index is 12.2. The highest BCUT2D eigenvalue weighted by atomic mass is 35.5. The van der Waals surface area contributed by atoms with Crippen LogP contribution in [-0.2, 0) is 11.3 Å². The van der Waals surface area contributed by atoms with Gasteiger partial charge in [-0.2, -0.15) is 4.98 Å². The van der Waals surface area contributed by atoms with Crippen molar-refractivity contribution < 1.29 is 9.32 Å². The van der Waals surface area contributed by atoms with Crippen LogP contribution in [0.5, 0.6) is 0 Å². The molecule has 0 fully saturated rings. The highest BCUT2D eigenvalue weighted by Gasteiger charge is 2.15. The average molecular weight is 397 g/mol. The maximum atomic E-state index is 12.2. The number of anilines is 1. The minimum atomic E-state index is -0.240. The molecule has 6 nitrogen and oxygen atoms in total. The van der Waals surface area contributed by atoms with Gasteiger partial charge in [0.05, 0.1) is 33.7 Å². The molecule has 1 aromatic carbocycles. The molecule has 2 heterocycles. The molecule has 0 aliphatic heterocycles. The Balaban J connectivity index is 1.57. The topological polar surface area (TPSA) is 71.3 Å². The van der Waals surface area contributed by atoms with Crippen LogP contribution in [0.25, 0.3) is 10.7 Å². The summed E-state index contributed by atoms with van der Waals surface area (Å²) in [4.78, 5) is 19.2. The molecule has 2 aromatic heterocycles. The summed E-state index contributed by atoms with van der Waals surface area (Å²) in [6.45, 7) is 0.473. The molecule has 0 unspecified atom stereocenters. The Morgan fingerprint density at radius 3 is 2.72 bits per heavy atom. The highest BCUT2D eigenvalue weighted by Crippen LogP contribution is 2.29. The summed E-state index contributed by atoms with van der Waals surface area (Å²) in [7, 11) is 1.78. The van der Waals surface area contributed by atoms with E-state index in [1.54, 1.807) is 30.1 Å². The number of aromatic nitrogens is 2. The predicted molar refractivity (Wildman–Crippen MR) is 99.0 cm³/mol. The lowest BCUT2D eigenvalue weighted by molar-refractivity contribution is -0.117. The molecule has 9 heteroatoms. The molecule has 1 amide bonds. The number of benzene rings is 1. The molecule has 0 aliphatic rings. The van der Waals surface area contributed by atoms with E-state index in [1.807, 2.05) is 17.5 Å². The van der Waals surface area contributed by atoms with Crippen LogP contribution in [0.2, 0.25) is 10.0 Å². The zero-order chi connectivity index (χ0) is 17.8. The average Bonchev–Trinajstić information content (AvgIpc) is 3.22. The van der Waals surface area contributed by atoms with E-state index in [0.717, 1.165) is 4.88 Å². The fourth-order valence-electron chi connectivity index (χ4n) is 2.15. The number of nitrogens with zero attached hydrogens (tertiary/aromatic N) is 3. The van der Waals surface area contributed by atoms with Gasteiger partial charge in [0.1, 0.15) is 0 Å². The molecule has 130 valence electrons. The fraction of sp³-hybridized carbons (Fsp3) is 0.188. The van der Waals surface area contributed by atoms with Crippen molar-refractivity contribution in [3.05, 3.63) is 51.6 Å². The summed E-state index contributed by atoms with van der Waals surface area (Å²) in [6.07, 6.45) is 0. The van der Waals surface area contributed by atoms with Gasteiger partial charge in [0.25, 0.3) is 0 Å². The Morgan fingerprint density at radius 1 is 1.28 bits per heavy atom. The lowest BCUT2D eigenvalue weighted by Crippen LogP contribution is -2.30. The highest BCUT2D eigenvalue weighted by molar-refractivity contribution is 7.13. The number of hydrogen-bond acceptors (Lipinski definition) is 6. The van der Waals surface area contributed by atoms with E-state index in [-0.39, 0.29) is 12.5 Å². The molecule has 3 rings (SSSR count). The molecule has 3 aromatic rings. The molecule has 0 aliphatic carbocycles. The van der Waals surface area contributed by atoms with Gasteiger partial charge in [-0.1, -0.05) is 40.5 Å². The van der Waals surface area contributed by atoms with Crippen LogP contribution in [0, 0.1) is 0 Å². The van der Waals surface area contributed by atoms with Crippen LogP contribution in [0.15, 0.2) is 40.2 Å². The Bertz CT molecular complexity index is 847. The lowest BCUT2D eigenvalue weighted by atomic mass is 10.3. The van der Waals surface area contributed by atoms with Gasteiger partial charge >= 0.3 is 0 Å².